The topological polar surface area (TPSA) is 68.0 Å². The Morgan fingerprint density at radius 3 is 2.68 bits per heavy atom. The van der Waals surface area contributed by atoms with Crippen LogP contribution in [0.15, 0.2) is 53.4 Å². The highest BCUT2D eigenvalue weighted by Crippen LogP contribution is 2.24. The van der Waals surface area contributed by atoms with Crippen LogP contribution in [-0.2, 0) is 0 Å². The van der Waals surface area contributed by atoms with E-state index in [1.165, 1.54) is 30.8 Å². The molecule has 0 fully saturated rings. The van der Waals surface area contributed by atoms with Crippen LogP contribution >= 0.6 is 11.6 Å². The van der Waals surface area contributed by atoms with Crippen LogP contribution in [0.4, 0.5) is 10.4 Å². The van der Waals surface area contributed by atoms with Gasteiger partial charge in [-0.2, -0.15) is 0 Å². The molecule has 0 aliphatic rings. The second-order valence-corrected chi connectivity index (χ2v) is 4.76. The van der Waals surface area contributed by atoms with E-state index in [0.717, 1.165) is 0 Å². The highest BCUT2D eigenvalue weighted by Gasteiger charge is 2.12. The number of amides is 1. The van der Waals surface area contributed by atoms with Crippen molar-refractivity contribution in [2.45, 2.75) is 0 Å². The standard InChI is InChI=1S/C15H9ClFN3O2/c16-11-2-1-9(7-12(11)17)10-3-4-18-13(8-10)14(21)20-15-19-5-6-22-15/h1-8H,(H,19,20,21). The fourth-order valence-corrected chi connectivity index (χ4v) is 1.97. The number of carbonyl (C=O) groups is 1. The number of rotatable bonds is 3. The minimum absolute atomic E-state index is 0.0414. The summed E-state index contributed by atoms with van der Waals surface area (Å²) in [4.78, 5) is 19.8. The zero-order valence-electron chi connectivity index (χ0n) is 11.1. The molecule has 1 N–H and O–H groups in total. The molecule has 0 saturated carbocycles. The number of hydrogen-bond acceptors (Lipinski definition) is 4. The first-order chi connectivity index (χ1) is 10.6. The van der Waals surface area contributed by atoms with Gasteiger partial charge in [-0.05, 0) is 35.4 Å². The Morgan fingerprint density at radius 1 is 1.14 bits per heavy atom. The van der Waals surface area contributed by atoms with E-state index in [-0.39, 0.29) is 16.7 Å². The van der Waals surface area contributed by atoms with Crippen molar-refractivity contribution in [3.8, 4) is 11.1 Å². The molecule has 110 valence electrons. The average molecular weight is 318 g/mol. The molecule has 0 bridgehead atoms. The molecule has 3 aromatic rings. The molecule has 3 rings (SSSR count). The zero-order valence-corrected chi connectivity index (χ0v) is 11.8. The number of anilines is 1. The Hall–Kier alpha value is -2.73. The Balaban J connectivity index is 1.88. The molecule has 0 aliphatic carbocycles. The van der Waals surface area contributed by atoms with E-state index in [2.05, 4.69) is 15.3 Å². The molecule has 0 aliphatic heterocycles. The maximum Gasteiger partial charge on any atom is 0.301 e. The van der Waals surface area contributed by atoms with Crippen molar-refractivity contribution in [2.75, 3.05) is 5.32 Å². The lowest BCUT2D eigenvalue weighted by atomic mass is 10.1. The first kappa shape index (κ1) is 14.2. The van der Waals surface area contributed by atoms with Crippen LogP contribution < -0.4 is 5.32 Å². The second-order valence-electron chi connectivity index (χ2n) is 4.35. The number of carbonyl (C=O) groups excluding carboxylic acids is 1. The van der Waals surface area contributed by atoms with Crippen molar-refractivity contribution < 1.29 is 13.6 Å². The second kappa shape index (κ2) is 5.95. The molecule has 7 heteroatoms. The lowest BCUT2D eigenvalue weighted by molar-refractivity contribution is 0.101. The fraction of sp³-hybridized carbons (Fsp3) is 0. The van der Waals surface area contributed by atoms with Gasteiger partial charge in [0, 0.05) is 6.20 Å². The van der Waals surface area contributed by atoms with Crippen molar-refractivity contribution in [2.24, 2.45) is 0 Å². The van der Waals surface area contributed by atoms with Crippen molar-refractivity contribution in [1.82, 2.24) is 9.97 Å². The predicted molar refractivity (Wildman–Crippen MR) is 79.1 cm³/mol. The minimum Gasteiger partial charge on any atom is -0.432 e. The molecule has 0 saturated heterocycles. The highest BCUT2D eigenvalue weighted by atomic mass is 35.5. The number of oxazole rings is 1. The molecule has 5 nitrogen and oxygen atoms in total. The van der Waals surface area contributed by atoms with E-state index < -0.39 is 11.7 Å². The van der Waals surface area contributed by atoms with Crippen LogP contribution in [0.2, 0.25) is 5.02 Å². The number of benzene rings is 1. The summed E-state index contributed by atoms with van der Waals surface area (Å²) in [5, 5.41) is 2.50. The van der Waals surface area contributed by atoms with Gasteiger partial charge in [0.25, 0.3) is 5.91 Å². The van der Waals surface area contributed by atoms with E-state index in [9.17, 15) is 9.18 Å². The van der Waals surface area contributed by atoms with Gasteiger partial charge in [-0.3, -0.25) is 15.1 Å². The molecule has 22 heavy (non-hydrogen) atoms. The van der Waals surface area contributed by atoms with Gasteiger partial charge in [-0.25, -0.2) is 9.37 Å². The van der Waals surface area contributed by atoms with Crippen molar-refractivity contribution >= 4 is 23.5 Å². The van der Waals surface area contributed by atoms with E-state index >= 15 is 0 Å². The minimum atomic E-state index is -0.526. The molecule has 2 aromatic heterocycles. The first-order valence-electron chi connectivity index (χ1n) is 6.26. The van der Waals surface area contributed by atoms with Gasteiger partial charge in [0.2, 0.25) is 0 Å². The summed E-state index contributed by atoms with van der Waals surface area (Å²) in [7, 11) is 0. The molecule has 2 heterocycles. The van der Waals surface area contributed by atoms with Gasteiger partial charge in [0.1, 0.15) is 17.8 Å². The maximum absolute atomic E-state index is 13.5. The van der Waals surface area contributed by atoms with Crippen LogP contribution in [0.25, 0.3) is 11.1 Å². The lowest BCUT2D eigenvalue weighted by Gasteiger charge is -2.05. The van der Waals surface area contributed by atoms with Crippen LogP contribution in [0, 0.1) is 5.82 Å². The number of aromatic nitrogens is 2. The van der Waals surface area contributed by atoms with Gasteiger partial charge in [-0.15, -0.1) is 0 Å². The molecule has 0 spiro atoms. The van der Waals surface area contributed by atoms with Crippen molar-refractivity contribution in [3.05, 3.63) is 65.5 Å². The van der Waals surface area contributed by atoms with Crippen LogP contribution in [0.3, 0.4) is 0 Å². The Kier molecular flexibility index (Phi) is 3.84. The third-order valence-electron chi connectivity index (χ3n) is 2.90. The molecule has 1 aromatic carbocycles. The summed E-state index contributed by atoms with van der Waals surface area (Å²) >= 11 is 5.66. The quantitative estimate of drug-likeness (QED) is 0.798. The van der Waals surface area contributed by atoms with E-state index in [1.54, 1.807) is 18.2 Å². The summed E-state index contributed by atoms with van der Waals surface area (Å²) < 4.78 is 18.5. The Morgan fingerprint density at radius 2 is 1.95 bits per heavy atom. The van der Waals surface area contributed by atoms with Crippen LogP contribution in [0.5, 0.6) is 0 Å². The van der Waals surface area contributed by atoms with E-state index in [0.29, 0.717) is 11.1 Å². The third kappa shape index (κ3) is 2.96. The molecular formula is C15H9ClFN3O2. The van der Waals surface area contributed by atoms with Crippen molar-refractivity contribution in [3.63, 3.8) is 0 Å². The monoisotopic (exact) mass is 317 g/mol. The number of nitrogens with one attached hydrogen (secondary N) is 1. The summed E-state index contributed by atoms with van der Waals surface area (Å²) in [5.41, 5.74) is 1.39. The summed E-state index contributed by atoms with van der Waals surface area (Å²) in [5.74, 6) is -1.000. The van der Waals surface area contributed by atoms with E-state index in [1.807, 2.05) is 0 Å². The first-order valence-corrected chi connectivity index (χ1v) is 6.63. The Bertz CT molecular complexity index is 821. The van der Waals surface area contributed by atoms with Gasteiger partial charge in [-0.1, -0.05) is 17.7 Å². The molecular weight excluding hydrogens is 309 g/mol. The number of hydrogen-bond donors (Lipinski definition) is 1. The van der Waals surface area contributed by atoms with Crippen molar-refractivity contribution in [1.29, 1.82) is 0 Å². The van der Waals surface area contributed by atoms with E-state index in [4.69, 9.17) is 16.0 Å². The lowest BCUT2D eigenvalue weighted by Crippen LogP contribution is -2.13. The SMILES string of the molecule is O=C(Nc1ncco1)c1cc(-c2ccc(Cl)c(F)c2)ccn1. The van der Waals surface area contributed by atoms with Gasteiger partial charge in [0.05, 0.1) is 11.2 Å². The van der Waals surface area contributed by atoms with Gasteiger partial charge < -0.3 is 4.42 Å². The summed E-state index contributed by atoms with van der Waals surface area (Å²) in [6.45, 7) is 0. The third-order valence-corrected chi connectivity index (χ3v) is 3.20. The normalized spacial score (nSPS) is 10.5. The summed E-state index contributed by atoms with van der Waals surface area (Å²) in [6, 6.07) is 7.71. The number of halogens is 2. The molecule has 0 atom stereocenters. The largest absolute Gasteiger partial charge is 0.432 e. The highest BCUT2D eigenvalue weighted by molar-refractivity contribution is 6.30. The summed E-state index contributed by atoms with van der Waals surface area (Å²) in [6.07, 6.45) is 4.22. The van der Waals surface area contributed by atoms with Crippen LogP contribution in [-0.4, -0.2) is 15.9 Å². The average Bonchev–Trinajstić information content (AvgIpc) is 3.03. The smallest absolute Gasteiger partial charge is 0.301 e. The predicted octanol–water partition coefficient (Wildman–Crippen LogP) is 3.78. The number of pyridine rings is 1. The molecule has 0 unspecified atom stereocenters. The van der Waals surface area contributed by atoms with Gasteiger partial charge >= 0.3 is 6.01 Å². The maximum atomic E-state index is 13.5. The van der Waals surface area contributed by atoms with Gasteiger partial charge in [0.15, 0.2) is 0 Å². The zero-order chi connectivity index (χ0) is 15.5. The van der Waals surface area contributed by atoms with Crippen LogP contribution in [0.1, 0.15) is 10.5 Å². The number of nitrogens with zero attached hydrogens (tertiary/aromatic N) is 2. The fourth-order valence-electron chi connectivity index (χ4n) is 1.86. The Labute approximate surface area is 129 Å². The molecule has 0 radical (unpaired) electrons. The molecule has 1 amide bonds.